The summed E-state index contributed by atoms with van der Waals surface area (Å²) in [6.45, 7) is 0. The predicted octanol–water partition coefficient (Wildman–Crippen LogP) is 4.56. The minimum atomic E-state index is -2.54. The molecule has 0 amide bonds. The second kappa shape index (κ2) is 6.44. The van der Waals surface area contributed by atoms with Gasteiger partial charge in [0.2, 0.25) is 0 Å². The third-order valence-electron chi connectivity index (χ3n) is 5.40. The second-order valence-electron chi connectivity index (χ2n) is 6.96. The van der Waals surface area contributed by atoms with Gasteiger partial charge in [0.15, 0.2) is 0 Å². The van der Waals surface area contributed by atoms with Gasteiger partial charge in [-0.1, -0.05) is 0 Å². The minimum absolute atomic E-state index is 1.01. The quantitative estimate of drug-likeness (QED) is 0.440. The fraction of sp³-hybridized carbons (Fsp3) is 0.0400. The topological polar surface area (TPSA) is 9.23 Å². The molecule has 1 aliphatic rings. The van der Waals surface area contributed by atoms with Crippen molar-refractivity contribution in [3.05, 3.63) is 103 Å². The van der Waals surface area contributed by atoms with Crippen LogP contribution in [0.5, 0.6) is 11.5 Å². The Labute approximate surface area is 162 Å². The predicted molar refractivity (Wildman–Crippen MR) is 115 cm³/mol. The summed E-state index contributed by atoms with van der Waals surface area (Å²) in [6, 6.07) is 36.8. The molecule has 1 heterocycles. The molecule has 0 aromatic heterocycles. The van der Waals surface area contributed by atoms with Crippen molar-refractivity contribution in [1.82, 2.24) is 0 Å². The van der Waals surface area contributed by atoms with E-state index in [0.29, 0.717) is 0 Å². The van der Waals surface area contributed by atoms with E-state index in [1.54, 1.807) is 0 Å². The normalized spacial score (nSPS) is 14.0. The van der Waals surface area contributed by atoms with E-state index in [2.05, 4.69) is 109 Å². The molecule has 0 N–H and O–H groups in total. The summed E-state index contributed by atoms with van der Waals surface area (Å²) in [6.07, 6.45) is 0. The van der Waals surface area contributed by atoms with Crippen LogP contribution in [0.2, 0.25) is 5.71 Å². The first-order chi connectivity index (χ1) is 13.3. The molecule has 131 valence electrons. The molecule has 0 bridgehead atoms. The van der Waals surface area contributed by atoms with Gasteiger partial charge in [-0.2, -0.15) is 0 Å². The van der Waals surface area contributed by atoms with Gasteiger partial charge in [0, 0.05) is 0 Å². The Kier molecular flexibility index (Phi) is 3.92. The average molecular weight is 411 g/mol. The first-order valence-corrected chi connectivity index (χ1v) is 13.9. The molecule has 4 aromatic carbocycles. The fourth-order valence-corrected chi connectivity index (χ4v) is 11.2. The van der Waals surface area contributed by atoms with Gasteiger partial charge in [0.25, 0.3) is 0 Å². The first-order valence-electron chi connectivity index (χ1n) is 9.16. The van der Waals surface area contributed by atoms with Crippen molar-refractivity contribution in [3.8, 4) is 22.6 Å². The molecule has 1 nitrogen and oxygen atoms in total. The van der Waals surface area contributed by atoms with Crippen LogP contribution >= 0.6 is 0 Å². The van der Waals surface area contributed by atoms with Crippen LogP contribution in [0.1, 0.15) is 0 Å². The zero-order valence-corrected chi connectivity index (χ0v) is 17.0. The van der Waals surface area contributed by atoms with Crippen molar-refractivity contribution in [2.45, 2.75) is 5.71 Å². The van der Waals surface area contributed by atoms with Gasteiger partial charge in [-0.25, -0.2) is 0 Å². The van der Waals surface area contributed by atoms with E-state index < -0.39 is 13.6 Å². The molecule has 0 aliphatic carbocycles. The Morgan fingerprint density at radius 3 is 1.59 bits per heavy atom. The zero-order valence-electron chi connectivity index (χ0n) is 15.2. The standard InChI is InChI=1S/C25H20AsO/c1-26(21-17-15-20(16-18-21)19-9-3-2-4-10-19)22-11-5-7-13-24(22)27-25-14-8-6-12-23(25)26/h2-18H,1H3. The molecule has 5 rings (SSSR count). The molecule has 4 aromatic rings. The molecule has 0 spiro atoms. The zero-order chi connectivity index (χ0) is 18.3. The molecular weight excluding hydrogens is 391 g/mol. The monoisotopic (exact) mass is 411 g/mol. The Hall–Kier alpha value is -2.76. The first kappa shape index (κ1) is 16.4. The van der Waals surface area contributed by atoms with E-state index in [0.717, 1.165) is 11.5 Å². The van der Waals surface area contributed by atoms with Gasteiger partial charge in [-0.3, -0.25) is 0 Å². The number of ether oxygens (including phenoxy) is 1. The van der Waals surface area contributed by atoms with E-state index in [1.165, 1.54) is 24.2 Å². The molecule has 2 heteroatoms. The maximum absolute atomic E-state index is 6.23. The molecule has 0 saturated carbocycles. The number of benzene rings is 4. The number of hydrogen-bond donors (Lipinski definition) is 0. The van der Waals surface area contributed by atoms with Crippen LogP contribution < -0.4 is 17.8 Å². The molecule has 0 saturated heterocycles. The van der Waals surface area contributed by atoms with Crippen LogP contribution in [0.15, 0.2) is 103 Å². The van der Waals surface area contributed by atoms with Gasteiger partial charge < -0.3 is 0 Å². The van der Waals surface area contributed by atoms with Crippen molar-refractivity contribution in [2.75, 3.05) is 0 Å². The molecule has 0 atom stereocenters. The molecule has 0 unspecified atom stereocenters. The molecule has 1 radical (unpaired) electrons. The van der Waals surface area contributed by atoms with E-state index >= 15 is 0 Å². The molecular formula is C25H20AsO. The summed E-state index contributed by atoms with van der Waals surface area (Å²) < 4.78 is 10.4. The second-order valence-corrected chi connectivity index (χ2v) is 14.3. The van der Waals surface area contributed by atoms with Crippen molar-refractivity contribution < 1.29 is 4.74 Å². The van der Waals surface area contributed by atoms with Crippen LogP contribution in [0.25, 0.3) is 11.1 Å². The van der Waals surface area contributed by atoms with Gasteiger partial charge in [-0.05, 0) is 0 Å². The van der Waals surface area contributed by atoms with Crippen LogP contribution in [0.4, 0.5) is 0 Å². The summed E-state index contributed by atoms with van der Waals surface area (Å²) in [7, 11) is 0. The average Bonchev–Trinajstić information content (AvgIpc) is 2.75. The van der Waals surface area contributed by atoms with Gasteiger partial charge in [0.05, 0.1) is 0 Å². The van der Waals surface area contributed by atoms with Gasteiger partial charge in [0.1, 0.15) is 0 Å². The summed E-state index contributed by atoms with van der Waals surface area (Å²) in [5, 5.41) is 0. The number of para-hydroxylation sites is 2. The van der Waals surface area contributed by atoms with Crippen LogP contribution in [0, 0.1) is 0 Å². The van der Waals surface area contributed by atoms with E-state index in [4.69, 9.17) is 4.74 Å². The Balaban J connectivity index is 1.68. The molecule has 27 heavy (non-hydrogen) atoms. The fourth-order valence-electron chi connectivity index (χ4n) is 3.93. The summed E-state index contributed by atoms with van der Waals surface area (Å²) in [5.41, 5.74) is 4.99. The van der Waals surface area contributed by atoms with Crippen molar-refractivity contribution in [1.29, 1.82) is 0 Å². The Morgan fingerprint density at radius 1 is 0.519 bits per heavy atom. The summed E-state index contributed by atoms with van der Waals surface area (Å²) >= 11 is -2.54. The Bertz CT molecular complexity index is 1050. The molecule has 0 fully saturated rings. The number of rotatable bonds is 2. The van der Waals surface area contributed by atoms with Gasteiger partial charge >= 0.3 is 163 Å². The molecule has 1 aliphatic heterocycles. The van der Waals surface area contributed by atoms with E-state index in [-0.39, 0.29) is 0 Å². The third-order valence-corrected chi connectivity index (χ3v) is 13.8. The van der Waals surface area contributed by atoms with E-state index in [1.807, 2.05) is 0 Å². The number of hydrogen-bond acceptors (Lipinski definition) is 1. The van der Waals surface area contributed by atoms with Crippen LogP contribution in [-0.2, 0) is 0 Å². The van der Waals surface area contributed by atoms with Gasteiger partial charge in [-0.15, -0.1) is 0 Å². The third kappa shape index (κ3) is 2.62. The Morgan fingerprint density at radius 2 is 1.00 bits per heavy atom. The van der Waals surface area contributed by atoms with Crippen molar-refractivity contribution in [3.63, 3.8) is 0 Å². The van der Waals surface area contributed by atoms with Crippen LogP contribution in [0.3, 0.4) is 0 Å². The summed E-state index contributed by atoms with van der Waals surface area (Å²) in [5.74, 6) is 2.02. The summed E-state index contributed by atoms with van der Waals surface area (Å²) in [4.78, 5) is 0. The van der Waals surface area contributed by atoms with Crippen LogP contribution in [-0.4, -0.2) is 13.6 Å². The van der Waals surface area contributed by atoms with Crippen molar-refractivity contribution in [2.24, 2.45) is 0 Å². The van der Waals surface area contributed by atoms with Crippen molar-refractivity contribution >= 4 is 26.6 Å². The van der Waals surface area contributed by atoms with E-state index in [9.17, 15) is 0 Å². The number of fused-ring (bicyclic) bond motifs is 2. The SMILES string of the molecule is C[As]1(c2ccc(-c3ccccc3)cc2)c2ccccc2Oc2ccccc21. The maximum atomic E-state index is 6.23.